The number of benzene rings is 1. The number of rotatable bonds is 7. The Morgan fingerprint density at radius 1 is 1.32 bits per heavy atom. The summed E-state index contributed by atoms with van der Waals surface area (Å²) in [5, 5.41) is 4.00. The molecule has 0 saturated heterocycles. The zero-order valence-electron chi connectivity index (χ0n) is 11.5. The molecule has 1 aliphatic rings. The second-order valence-electron chi connectivity index (χ2n) is 4.96. The van der Waals surface area contributed by atoms with Crippen LogP contribution in [0, 0.1) is 0 Å². The Labute approximate surface area is 120 Å². The molecule has 0 atom stereocenters. The lowest BCUT2D eigenvalue weighted by atomic mass is 10.2. The summed E-state index contributed by atoms with van der Waals surface area (Å²) >= 11 is 6.27. The smallest absolute Gasteiger partial charge is 0.138 e. The van der Waals surface area contributed by atoms with Crippen molar-refractivity contribution in [3.8, 4) is 5.75 Å². The van der Waals surface area contributed by atoms with E-state index in [1.165, 1.54) is 18.4 Å². The van der Waals surface area contributed by atoms with Gasteiger partial charge in [0.15, 0.2) is 0 Å². The van der Waals surface area contributed by atoms with Gasteiger partial charge >= 0.3 is 0 Å². The second kappa shape index (κ2) is 7.73. The van der Waals surface area contributed by atoms with Crippen molar-refractivity contribution in [1.82, 2.24) is 5.32 Å². The largest absolute Gasteiger partial charge is 0.489 e. The molecule has 1 fully saturated rings. The standard InChI is InChI=1S/C15H22ClNO2/c1-18-9-8-17-11-12-6-7-15(14(16)10-12)19-13-4-2-3-5-13/h6-7,10,13,17H,2-5,8-9,11H2,1H3. The normalized spacial score (nSPS) is 15.9. The lowest BCUT2D eigenvalue weighted by molar-refractivity contribution is 0.199. The minimum Gasteiger partial charge on any atom is -0.489 e. The van der Waals surface area contributed by atoms with Gasteiger partial charge in [-0.2, -0.15) is 0 Å². The van der Waals surface area contributed by atoms with Gasteiger partial charge in [0, 0.05) is 20.2 Å². The fraction of sp³-hybridized carbons (Fsp3) is 0.600. The van der Waals surface area contributed by atoms with E-state index >= 15 is 0 Å². The summed E-state index contributed by atoms with van der Waals surface area (Å²) in [6.45, 7) is 2.36. The second-order valence-corrected chi connectivity index (χ2v) is 5.37. The summed E-state index contributed by atoms with van der Waals surface area (Å²) in [7, 11) is 1.70. The van der Waals surface area contributed by atoms with Crippen LogP contribution in [0.15, 0.2) is 18.2 Å². The Hall–Kier alpha value is -0.770. The summed E-state index contributed by atoms with van der Waals surface area (Å²) in [4.78, 5) is 0. The molecule has 0 radical (unpaired) electrons. The Kier molecular flexibility index (Phi) is 5.95. The Morgan fingerprint density at radius 2 is 2.11 bits per heavy atom. The van der Waals surface area contributed by atoms with E-state index in [1.807, 2.05) is 12.1 Å². The molecule has 1 aliphatic carbocycles. The van der Waals surface area contributed by atoms with Crippen molar-refractivity contribution in [3.05, 3.63) is 28.8 Å². The number of hydrogen-bond acceptors (Lipinski definition) is 3. The van der Waals surface area contributed by atoms with Crippen LogP contribution in [-0.4, -0.2) is 26.4 Å². The molecule has 2 rings (SSSR count). The number of methoxy groups -OCH3 is 1. The molecule has 106 valence electrons. The van der Waals surface area contributed by atoms with E-state index in [-0.39, 0.29) is 0 Å². The monoisotopic (exact) mass is 283 g/mol. The zero-order valence-corrected chi connectivity index (χ0v) is 12.2. The molecular formula is C15H22ClNO2. The van der Waals surface area contributed by atoms with Crippen LogP contribution in [0.2, 0.25) is 5.02 Å². The van der Waals surface area contributed by atoms with Gasteiger partial charge in [0.25, 0.3) is 0 Å². The molecule has 0 spiro atoms. The molecule has 0 heterocycles. The third-order valence-electron chi connectivity index (χ3n) is 3.40. The molecule has 0 aliphatic heterocycles. The van der Waals surface area contributed by atoms with Gasteiger partial charge in [0.05, 0.1) is 17.7 Å². The molecule has 1 N–H and O–H groups in total. The first-order valence-corrected chi connectivity index (χ1v) is 7.32. The van der Waals surface area contributed by atoms with Gasteiger partial charge in [0.1, 0.15) is 5.75 Å². The number of hydrogen-bond donors (Lipinski definition) is 1. The average Bonchev–Trinajstić information content (AvgIpc) is 2.91. The van der Waals surface area contributed by atoms with Crippen molar-refractivity contribution in [2.45, 2.75) is 38.3 Å². The van der Waals surface area contributed by atoms with Crippen LogP contribution >= 0.6 is 11.6 Å². The molecule has 0 amide bonds. The van der Waals surface area contributed by atoms with Gasteiger partial charge in [-0.05, 0) is 43.4 Å². The van der Waals surface area contributed by atoms with Gasteiger partial charge in [-0.25, -0.2) is 0 Å². The van der Waals surface area contributed by atoms with E-state index in [0.717, 1.165) is 38.3 Å². The SMILES string of the molecule is COCCNCc1ccc(OC2CCCC2)c(Cl)c1. The molecule has 0 aromatic heterocycles. The Morgan fingerprint density at radius 3 is 2.79 bits per heavy atom. The molecular weight excluding hydrogens is 262 g/mol. The highest BCUT2D eigenvalue weighted by Crippen LogP contribution is 2.30. The van der Waals surface area contributed by atoms with E-state index in [0.29, 0.717) is 11.1 Å². The first-order chi connectivity index (χ1) is 9.29. The summed E-state index contributed by atoms with van der Waals surface area (Å²) in [6.07, 6.45) is 5.18. The van der Waals surface area contributed by atoms with Crippen LogP contribution in [0.25, 0.3) is 0 Å². The van der Waals surface area contributed by atoms with Gasteiger partial charge < -0.3 is 14.8 Å². The predicted molar refractivity (Wildman–Crippen MR) is 77.9 cm³/mol. The van der Waals surface area contributed by atoms with Crippen molar-refractivity contribution in [2.24, 2.45) is 0 Å². The van der Waals surface area contributed by atoms with E-state index in [4.69, 9.17) is 21.1 Å². The zero-order chi connectivity index (χ0) is 13.5. The minimum absolute atomic E-state index is 0.350. The van der Waals surface area contributed by atoms with Crippen molar-refractivity contribution < 1.29 is 9.47 Å². The minimum atomic E-state index is 0.350. The molecule has 0 unspecified atom stereocenters. The van der Waals surface area contributed by atoms with E-state index in [9.17, 15) is 0 Å². The highest BCUT2D eigenvalue weighted by Gasteiger charge is 2.17. The van der Waals surface area contributed by atoms with Crippen molar-refractivity contribution in [1.29, 1.82) is 0 Å². The molecule has 1 aromatic rings. The first-order valence-electron chi connectivity index (χ1n) is 6.94. The summed E-state index contributed by atoms with van der Waals surface area (Å²) in [5.74, 6) is 0.814. The number of nitrogens with one attached hydrogen (secondary N) is 1. The first kappa shape index (κ1) is 14.6. The number of ether oxygens (including phenoxy) is 2. The molecule has 3 nitrogen and oxygen atoms in total. The third-order valence-corrected chi connectivity index (χ3v) is 3.70. The number of halogens is 1. The fourth-order valence-electron chi connectivity index (χ4n) is 2.34. The lowest BCUT2D eigenvalue weighted by Gasteiger charge is -2.15. The van der Waals surface area contributed by atoms with Crippen LogP contribution in [0.4, 0.5) is 0 Å². The molecule has 1 saturated carbocycles. The maximum atomic E-state index is 6.27. The highest BCUT2D eigenvalue weighted by atomic mass is 35.5. The van der Waals surface area contributed by atoms with Crippen LogP contribution in [0.5, 0.6) is 5.75 Å². The van der Waals surface area contributed by atoms with E-state index in [1.54, 1.807) is 7.11 Å². The lowest BCUT2D eigenvalue weighted by Crippen LogP contribution is -2.18. The third kappa shape index (κ3) is 4.68. The predicted octanol–water partition coefficient (Wildman–Crippen LogP) is 3.40. The van der Waals surface area contributed by atoms with Crippen LogP contribution < -0.4 is 10.1 Å². The molecule has 4 heteroatoms. The Bertz CT molecular complexity index is 392. The molecule has 1 aromatic carbocycles. The summed E-state index contributed by atoms with van der Waals surface area (Å²) < 4.78 is 10.9. The van der Waals surface area contributed by atoms with Crippen LogP contribution in [-0.2, 0) is 11.3 Å². The Balaban J connectivity index is 1.85. The topological polar surface area (TPSA) is 30.5 Å². The van der Waals surface area contributed by atoms with Crippen LogP contribution in [0.1, 0.15) is 31.2 Å². The summed E-state index contributed by atoms with van der Waals surface area (Å²) in [5.41, 5.74) is 1.17. The van der Waals surface area contributed by atoms with Gasteiger partial charge in [0.2, 0.25) is 0 Å². The quantitative estimate of drug-likeness (QED) is 0.778. The highest BCUT2D eigenvalue weighted by molar-refractivity contribution is 6.32. The van der Waals surface area contributed by atoms with Crippen LogP contribution in [0.3, 0.4) is 0 Å². The van der Waals surface area contributed by atoms with E-state index in [2.05, 4.69) is 11.4 Å². The van der Waals surface area contributed by atoms with Crippen molar-refractivity contribution in [2.75, 3.05) is 20.3 Å². The maximum Gasteiger partial charge on any atom is 0.138 e. The van der Waals surface area contributed by atoms with Gasteiger partial charge in [-0.3, -0.25) is 0 Å². The molecule has 19 heavy (non-hydrogen) atoms. The fourth-order valence-corrected chi connectivity index (χ4v) is 2.59. The van der Waals surface area contributed by atoms with Gasteiger partial charge in [-0.1, -0.05) is 17.7 Å². The van der Waals surface area contributed by atoms with E-state index < -0.39 is 0 Å². The van der Waals surface area contributed by atoms with Crippen molar-refractivity contribution >= 4 is 11.6 Å². The van der Waals surface area contributed by atoms with Gasteiger partial charge in [-0.15, -0.1) is 0 Å². The maximum absolute atomic E-state index is 6.27. The summed E-state index contributed by atoms with van der Waals surface area (Å²) in [6, 6.07) is 6.02. The molecule has 0 bridgehead atoms. The average molecular weight is 284 g/mol. The van der Waals surface area contributed by atoms with Crippen molar-refractivity contribution in [3.63, 3.8) is 0 Å².